The molecule has 1 aromatic carbocycles. The summed E-state index contributed by atoms with van der Waals surface area (Å²) < 4.78 is 24.8. The lowest BCUT2D eigenvalue weighted by Crippen LogP contribution is -2.33. The van der Waals surface area contributed by atoms with E-state index in [1.54, 1.807) is 6.07 Å². The number of hydrogen-bond donors (Lipinski definition) is 1. The fraction of sp³-hybridized carbons (Fsp3) is 0.571. The second kappa shape index (κ2) is 5.41. The SMILES string of the molecule is Cc1ccc(S(=O)(=O)CC2CCCNC2)c(C)c1. The number of sulfone groups is 1. The van der Waals surface area contributed by atoms with E-state index in [2.05, 4.69) is 5.32 Å². The molecule has 4 heteroatoms. The van der Waals surface area contributed by atoms with Crippen molar-refractivity contribution < 1.29 is 8.42 Å². The van der Waals surface area contributed by atoms with Crippen molar-refractivity contribution in [1.29, 1.82) is 0 Å². The summed E-state index contributed by atoms with van der Waals surface area (Å²) in [5.41, 5.74) is 1.96. The number of rotatable bonds is 3. The van der Waals surface area contributed by atoms with E-state index in [1.165, 1.54) is 0 Å². The summed E-state index contributed by atoms with van der Waals surface area (Å²) in [4.78, 5) is 0.499. The van der Waals surface area contributed by atoms with Gasteiger partial charge < -0.3 is 5.32 Å². The van der Waals surface area contributed by atoms with Gasteiger partial charge in [-0.3, -0.25) is 0 Å². The lowest BCUT2D eigenvalue weighted by molar-refractivity contribution is 0.404. The third kappa shape index (κ3) is 3.12. The number of piperidine rings is 1. The lowest BCUT2D eigenvalue weighted by atomic mass is 10.0. The van der Waals surface area contributed by atoms with Gasteiger partial charge in [0.25, 0.3) is 0 Å². The van der Waals surface area contributed by atoms with Gasteiger partial charge in [-0.2, -0.15) is 0 Å². The Labute approximate surface area is 110 Å². The summed E-state index contributed by atoms with van der Waals surface area (Å²) in [5.74, 6) is 0.522. The van der Waals surface area contributed by atoms with E-state index in [0.29, 0.717) is 4.90 Å². The molecule has 0 bridgehead atoms. The maximum atomic E-state index is 12.4. The predicted octanol–water partition coefficient (Wildman–Crippen LogP) is 2.08. The van der Waals surface area contributed by atoms with E-state index in [4.69, 9.17) is 0 Å². The molecule has 1 saturated heterocycles. The molecule has 0 radical (unpaired) electrons. The first kappa shape index (κ1) is 13.6. The van der Waals surface area contributed by atoms with Crippen LogP contribution in [0.25, 0.3) is 0 Å². The van der Waals surface area contributed by atoms with Crippen LogP contribution < -0.4 is 5.32 Å². The highest BCUT2D eigenvalue weighted by atomic mass is 32.2. The van der Waals surface area contributed by atoms with Gasteiger partial charge in [0.1, 0.15) is 0 Å². The minimum atomic E-state index is -3.15. The van der Waals surface area contributed by atoms with E-state index < -0.39 is 9.84 Å². The molecule has 0 amide bonds. The van der Waals surface area contributed by atoms with Crippen LogP contribution in [0.15, 0.2) is 23.1 Å². The van der Waals surface area contributed by atoms with Crippen LogP contribution in [-0.4, -0.2) is 27.3 Å². The first-order valence-electron chi connectivity index (χ1n) is 6.50. The largest absolute Gasteiger partial charge is 0.316 e. The van der Waals surface area contributed by atoms with Gasteiger partial charge in [-0.05, 0) is 57.3 Å². The highest BCUT2D eigenvalue weighted by Gasteiger charge is 2.23. The topological polar surface area (TPSA) is 46.2 Å². The Morgan fingerprint density at radius 2 is 2.11 bits per heavy atom. The minimum absolute atomic E-state index is 0.254. The maximum absolute atomic E-state index is 12.4. The standard InChI is InChI=1S/C14H21NO2S/c1-11-5-6-14(12(2)8-11)18(16,17)10-13-4-3-7-15-9-13/h5-6,8,13,15H,3-4,7,9-10H2,1-2H3. The van der Waals surface area contributed by atoms with Crippen molar-refractivity contribution in [3.8, 4) is 0 Å². The third-order valence-corrected chi connectivity index (χ3v) is 5.56. The lowest BCUT2D eigenvalue weighted by Gasteiger charge is -2.22. The van der Waals surface area contributed by atoms with Gasteiger partial charge in [-0.1, -0.05) is 17.7 Å². The highest BCUT2D eigenvalue weighted by molar-refractivity contribution is 7.91. The Bertz CT molecular complexity index is 517. The fourth-order valence-electron chi connectivity index (χ4n) is 2.61. The van der Waals surface area contributed by atoms with E-state index in [9.17, 15) is 8.42 Å². The molecule has 18 heavy (non-hydrogen) atoms. The quantitative estimate of drug-likeness (QED) is 0.912. The molecule has 1 heterocycles. The average Bonchev–Trinajstić information content (AvgIpc) is 2.29. The summed E-state index contributed by atoms with van der Waals surface area (Å²) in [6, 6.07) is 5.56. The summed E-state index contributed by atoms with van der Waals surface area (Å²) in [6.07, 6.45) is 2.09. The second-order valence-corrected chi connectivity index (χ2v) is 7.27. The summed E-state index contributed by atoms with van der Waals surface area (Å²) in [5, 5.41) is 3.27. The summed E-state index contributed by atoms with van der Waals surface area (Å²) in [7, 11) is -3.15. The van der Waals surface area contributed by atoms with Gasteiger partial charge in [0.15, 0.2) is 9.84 Å². The summed E-state index contributed by atoms with van der Waals surface area (Å²) >= 11 is 0. The molecule has 0 aromatic heterocycles. The maximum Gasteiger partial charge on any atom is 0.178 e. The molecule has 1 aliphatic heterocycles. The van der Waals surface area contributed by atoms with Crippen molar-refractivity contribution in [2.24, 2.45) is 5.92 Å². The first-order valence-corrected chi connectivity index (χ1v) is 8.15. The molecule has 1 aliphatic rings. The van der Waals surface area contributed by atoms with Crippen molar-refractivity contribution in [2.75, 3.05) is 18.8 Å². The van der Waals surface area contributed by atoms with E-state index in [0.717, 1.165) is 37.1 Å². The fourth-order valence-corrected chi connectivity index (χ4v) is 4.52. The van der Waals surface area contributed by atoms with Gasteiger partial charge >= 0.3 is 0 Å². The number of benzene rings is 1. The Balaban J connectivity index is 2.19. The van der Waals surface area contributed by atoms with Crippen molar-refractivity contribution in [3.63, 3.8) is 0 Å². The van der Waals surface area contributed by atoms with Crippen molar-refractivity contribution in [3.05, 3.63) is 29.3 Å². The smallest absolute Gasteiger partial charge is 0.178 e. The van der Waals surface area contributed by atoms with Gasteiger partial charge in [0.05, 0.1) is 10.6 Å². The number of hydrogen-bond acceptors (Lipinski definition) is 3. The molecular weight excluding hydrogens is 246 g/mol. The Kier molecular flexibility index (Phi) is 4.07. The molecule has 1 N–H and O–H groups in total. The molecule has 1 fully saturated rings. The van der Waals surface area contributed by atoms with Crippen LogP contribution in [0.4, 0.5) is 0 Å². The Morgan fingerprint density at radius 3 is 2.72 bits per heavy atom. The average molecular weight is 267 g/mol. The van der Waals surface area contributed by atoms with E-state index in [-0.39, 0.29) is 11.7 Å². The Hall–Kier alpha value is -0.870. The van der Waals surface area contributed by atoms with Crippen molar-refractivity contribution in [2.45, 2.75) is 31.6 Å². The molecule has 2 rings (SSSR count). The molecule has 1 aromatic rings. The molecule has 0 aliphatic carbocycles. The molecular formula is C14H21NO2S. The van der Waals surface area contributed by atoms with Gasteiger partial charge in [-0.25, -0.2) is 8.42 Å². The van der Waals surface area contributed by atoms with Crippen molar-refractivity contribution in [1.82, 2.24) is 5.32 Å². The normalized spacial score (nSPS) is 20.9. The Morgan fingerprint density at radius 1 is 1.33 bits per heavy atom. The van der Waals surface area contributed by atoms with Crippen LogP contribution in [0.1, 0.15) is 24.0 Å². The molecule has 3 nitrogen and oxygen atoms in total. The van der Waals surface area contributed by atoms with Gasteiger partial charge in [0, 0.05) is 0 Å². The van der Waals surface area contributed by atoms with Gasteiger partial charge in [0.2, 0.25) is 0 Å². The second-order valence-electron chi connectivity index (χ2n) is 5.26. The molecule has 0 spiro atoms. The van der Waals surface area contributed by atoms with Crippen LogP contribution >= 0.6 is 0 Å². The van der Waals surface area contributed by atoms with E-state index >= 15 is 0 Å². The third-order valence-electron chi connectivity index (χ3n) is 3.52. The zero-order valence-corrected chi connectivity index (χ0v) is 11.9. The first-order chi connectivity index (χ1) is 8.49. The highest BCUT2D eigenvalue weighted by Crippen LogP contribution is 2.22. The zero-order chi connectivity index (χ0) is 13.2. The molecule has 0 saturated carbocycles. The minimum Gasteiger partial charge on any atom is -0.316 e. The zero-order valence-electron chi connectivity index (χ0n) is 11.1. The number of nitrogens with one attached hydrogen (secondary N) is 1. The van der Waals surface area contributed by atoms with E-state index in [1.807, 2.05) is 26.0 Å². The van der Waals surface area contributed by atoms with Crippen LogP contribution in [0.2, 0.25) is 0 Å². The van der Waals surface area contributed by atoms with Crippen LogP contribution in [-0.2, 0) is 9.84 Å². The van der Waals surface area contributed by atoms with Crippen LogP contribution in [0, 0.1) is 19.8 Å². The predicted molar refractivity (Wildman–Crippen MR) is 73.6 cm³/mol. The number of aryl methyl sites for hydroxylation is 2. The monoisotopic (exact) mass is 267 g/mol. The molecule has 100 valence electrons. The molecule has 1 unspecified atom stereocenters. The van der Waals surface area contributed by atoms with Crippen LogP contribution in [0.3, 0.4) is 0 Å². The van der Waals surface area contributed by atoms with Crippen LogP contribution in [0.5, 0.6) is 0 Å². The molecule has 1 atom stereocenters. The summed E-state index contributed by atoms with van der Waals surface area (Å²) in [6.45, 7) is 5.69. The van der Waals surface area contributed by atoms with Gasteiger partial charge in [-0.15, -0.1) is 0 Å². The van der Waals surface area contributed by atoms with Crippen molar-refractivity contribution >= 4 is 9.84 Å².